The second-order valence-electron chi connectivity index (χ2n) is 4.33. The minimum absolute atomic E-state index is 0. The molecule has 3 N–H and O–H groups in total. The quantitative estimate of drug-likeness (QED) is 0.352. The first-order chi connectivity index (χ1) is 10.6. The lowest BCUT2D eigenvalue weighted by Crippen LogP contribution is -2.33. The number of nitrogens with two attached hydrogens (primary N) is 1. The third-order valence-corrected chi connectivity index (χ3v) is 2.90. The summed E-state index contributed by atoms with van der Waals surface area (Å²) in [5.41, 5.74) is 2.66. The van der Waals surface area contributed by atoms with Crippen LogP contribution < -0.4 is 16.0 Å². The summed E-state index contributed by atoms with van der Waals surface area (Å²) < 4.78 is 6.45. The van der Waals surface area contributed by atoms with Gasteiger partial charge >= 0.3 is 5.82 Å². The van der Waals surface area contributed by atoms with Gasteiger partial charge in [0, 0.05) is 5.56 Å². The molecule has 0 aliphatic heterocycles. The van der Waals surface area contributed by atoms with Crippen molar-refractivity contribution in [2.45, 2.75) is 13.5 Å². The highest BCUT2D eigenvalue weighted by Crippen LogP contribution is 2.29. The molecular formula is C13H16ClN5O4. The number of rotatable bonds is 6. The lowest BCUT2D eigenvalue weighted by Gasteiger charge is -2.04. The molecule has 0 unspecified atom stereocenters. The fourth-order valence-corrected chi connectivity index (χ4v) is 1.96. The van der Waals surface area contributed by atoms with Crippen molar-refractivity contribution in [3.63, 3.8) is 0 Å². The van der Waals surface area contributed by atoms with Crippen LogP contribution in [0.15, 0.2) is 30.6 Å². The van der Waals surface area contributed by atoms with E-state index in [2.05, 4.69) is 4.98 Å². The normalized spacial score (nSPS) is 9.83. The van der Waals surface area contributed by atoms with Crippen LogP contribution in [0.1, 0.15) is 6.92 Å². The van der Waals surface area contributed by atoms with Gasteiger partial charge in [0.1, 0.15) is 5.75 Å². The number of hydrogen-bond acceptors (Lipinski definition) is 6. The van der Waals surface area contributed by atoms with E-state index < -0.39 is 10.8 Å². The van der Waals surface area contributed by atoms with Crippen LogP contribution in [0.25, 0.3) is 11.3 Å². The summed E-state index contributed by atoms with van der Waals surface area (Å²) in [5, 5.41) is 11.3. The van der Waals surface area contributed by atoms with E-state index in [1.807, 2.05) is 12.3 Å². The number of carbonyl (C=O) groups excluding carboxylic acids is 1. The Morgan fingerprint density at radius 2 is 2.09 bits per heavy atom. The second kappa shape index (κ2) is 8.11. The Hall–Kier alpha value is -2.65. The van der Waals surface area contributed by atoms with E-state index in [9.17, 15) is 14.9 Å². The van der Waals surface area contributed by atoms with Gasteiger partial charge in [-0.15, -0.1) is 12.4 Å². The van der Waals surface area contributed by atoms with Crippen LogP contribution in [0.5, 0.6) is 5.75 Å². The van der Waals surface area contributed by atoms with Crippen LogP contribution in [-0.4, -0.2) is 27.0 Å². The average Bonchev–Trinajstić information content (AvgIpc) is 2.92. The van der Waals surface area contributed by atoms with E-state index in [1.165, 1.54) is 6.33 Å². The summed E-state index contributed by atoms with van der Waals surface area (Å²) in [7, 11) is 0. The average molecular weight is 342 g/mol. The van der Waals surface area contributed by atoms with Crippen LogP contribution in [0, 0.1) is 10.1 Å². The zero-order valence-electron chi connectivity index (χ0n) is 12.3. The molecule has 0 fully saturated rings. The molecule has 1 heterocycles. The van der Waals surface area contributed by atoms with Crippen molar-refractivity contribution < 1.29 is 14.5 Å². The van der Waals surface area contributed by atoms with E-state index in [4.69, 9.17) is 10.6 Å². The third-order valence-electron chi connectivity index (χ3n) is 2.90. The first-order valence-corrected chi connectivity index (χ1v) is 6.49. The van der Waals surface area contributed by atoms with Crippen LogP contribution in [0.3, 0.4) is 0 Å². The number of hydrazine groups is 1. The van der Waals surface area contributed by atoms with Crippen molar-refractivity contribution in [2.75, 3.05) is 6.61 Å². The molecule has 0 aliphatic rings. The van der Waals surface area contributed by atoms with Gasteiger partial charge in [-0.25, -0.2) is 15.4 Å². The molecule has 0 spiro atoms. The predicted molar refractivity (Wildman–Crippen MR) is 85.1 cm³/mol. The molecule has 1 amide bonds. The number of benzene rings is 1. The number of hydrogen-bond donors (Lipinski definition) is 2. The van der Waals surface area contributed by atoms with Gasteiger partial charge in [0.05, 0.1) is 6.61 Å². The van der Waals surface area contributed by atoms with Crippen LogP contribution in [-0.2, 0) is 11.3 Å². The van der Waals surface area contributed by atoms with Crippen LogP contribution >= 0.6 is 12.4 Å². The zero-order chi connectivity index (χ0) is 16.1. The third kappa shape index (κ3) is 4.18. The molecule has 1 aromatic heterocycles. The number of nitro groups is 1. The highest BCUT2D eigenvalue weighted by molar-refractivity contribution is 5.85. The minimum Gasteiger partial charge on any atom is -0.494 e. The standard InChI is InChI=1S/C13H15N5O4.ClH/c1-2-22-10-5-3-9(4-6-10)12-13(18(20)21)17(8-15-12)7-11(19)16-14;/h3-6,8H,2,7,14H2,1H3,(H,16,19);1H. The van der Waals surface area contributed by atoms with Gasteiger partial charge in [0.2, 0.25) is 0 Å². The van der Waals surface area contributed by atoms with Gasteiger partial charge in [-0.3, -0.25) is 10.2 Å². The van der Waals surface area contributed by atoms with Gasteiger partial charge in [0.25, 0.3) is 5.91 Å². The summed E-state index contributed by atoms with van der Waals surface area (Å²) in [6, 6.07) is 6.75. The fraction of sp³-hybridized carbons (Fsp3) is 0.231. The van der Waals surface area contributed by atoms with Crippen LogP contribution in [0.2, 0.25) is 0 Å². The number of ether oxygens (including phenoxy) is 1. The zero-order valence-corrected chi connectivity index (χ0v) is 13.1. The molecule has 0 aliphatic carbocycles. The van der Waals surface area contributed by atoms with Crippen molar-refractivity contribution >= 4 is 24.1 Å². The smallest absolute Gasteiger partial charge is 0.351 e. The van der Waals surface area contributed by atoms with Crippen molar-refractivity contribution in [1.82, 2.24) is 15.0 Å². The lowest BCUT2D eigenvalue weighted by atomic mass is 10.1. The largest absolute Gasteiger partial charge is 0.494 e. The molecule has 2 aromatic rings. The topological polar surface area (TPSA) is 125 Å². The molecule has 0 radical (unpaired) electrons. The maximum absolute atomic E-state index is 11.3. The van der Waals surface area contributed by atoms with Gasteiger partial charge in [-0.1, -0.05) is 0 Å². The highest BCUT2D eigenvalue weighted by Gasteiger charge is 2.24. The van der Waals surface area contributed by atoms with E-state index >= 15 is 0 Å². The Balaban J connectivity index is 0.00000264. The molecule has 0 saturated heterocycles. The maximum Gasteiger partial charge on any atom is 0.351 e. The molecule has 10 heteroatoms. The monoisotopic (exact) mass is 341 g/mol. The maximum atomic E-state index is 11.3. The number of amides is 1. The second-order valence-corrected chi connectivity index (χ2v) is 4.33. The number of nitrogens with one attached hydrogen (secondary N) is 1. The van der Waals surface area contributed by atoms with Crippen molar-refractivity contribution in [3.8, 4) is 17.0 Å². The highest BCUT2D eigenvalue weighted by atomic mass is 35.5. The molecule has 124 valence electrons. The summed E-state index contributed by atoms with van der Waals surface area (Å²) in [6.07, 6.45) is 1.24. The van der Waals surface area contributed by atoms with Crippen LogP contribution in [0.4, 0.5) is 5.82 Å². The van der Waals surface area contributed by atoms with E-state index in [1.54, 1.807) is 24.3 Å². The van der Waals surface area contributed by atoms with Gasteiger partial charge in [-0.2, -0.15) is 0 Å². The van der Waals surface area contributed by atoms with E-state index in [-0.39, 0.29) is 30.5 Å². The molecule has 0 atom stereocenters. The minimum atomic E-state index is -0.581. The van der Waals surface area contributed by atoms with Crippen molar-refractivity contribution in [1.29, 1.82) is 0 Å². The first-order valence-electron chi connectivity index (χ1n) is 6.49. The summed E-state index contributed by atoms with van der Waals surface area (Å²) in [6.45, 7) is 2.11. The number of aromatic nitrogens is 2. The fourth-order valence-electron chi connectivity index (χ4n) is 1.96. The van der Waals surface area contributed by atoms with E-state index in [0.717, 1.165) is 4.57 Å². The molecule has 9 nitrogen and oxygen atoms in total. The molecule has 0 bridgehead atoms. The number of imidazole rings is 1. The van der Waals surface area contributed by atoms with Gasteiger partial charge in [-0.05, 0) is 36.1 Å². The SMILES string of the molecule is CCOc1ccc(-c2ncn(CC(=O)NN)c2[N+](=O)[O-])cc1.Cl. The van der Waals surface area contributed by atoms with E-state index in [0.29, 0.717) is 17.9 Å². The van der Waals surface area contributed by atoms with Crippen molar-refractivity contribution in [3.05, 3.63) is 40.7 Å². The summed E-state index contributed by atoms with van der Waals surface area (Å²) >= 11 is 0. The van der Waals surface area contributed by atoms with Gasteiger partial charge < -0.3 is 14.9 Å². The first kappa shape index (κ1) is 18.4. The van der Waals surface area contributed by atoms with Gasteiger partial charge in [0.15, 0.2) is 18.6 Å². The molecule has 1 aromatic carbocycles. The number of halogens is 1. The molecule has 2 rings (SSSR count). The molecule has 23 heavy (non-hydrogen) atoms. The number of carbonyl (C=O) groups is 1. The van der Waals surface area contributed by atoms with Crippen molar-refractivity contribution in [2.24, 2.45) is 5.84 Å². The molecular weight excluding hydrogens is 326 g/mol. The Morgan fingerprint density at radius 3 is 2.61 bits per heavy atom. The Kier molecular flexibility index (Phi) is 6.49. The Morgan fingerprint density at radius 1 is 1.43 bits per heavy atom. The summed E-state index contributed by atoms with van der Waals surface area (Å²) in [5.74, 6) is 4.83. The number of nitrogens with zero attached hydrogens (tertiary/aromatic N) is 3. The Bertz CT molecular complexity index is 686. The molecule has 0 saturated carbocycles. The lowest BCUT2D eigenvalue weighted by molar-refractivity contribution is -0.391. The Labute approximate surface area is 138 Å². The predicted octanol–water partition coefficient (Wildman–Crippen LogP) is 1.27. The summed E-state index contributed by atoms with van der Waals surface area (Å²) in [4.78, 5) is 26.0.